The van der Waals surface area contributed by atoms with Gasteiger partial charge in [-0.2, -0.15) is 0 Å². The lowest BCUT2D eigenvalue weighted by Crippen LogP contribution is -2.31. The van der Waals surface area contributed by atoms with E-state index in [4.69, 9.17) is 0 Å². The number of carbonyl (C=O) groups is 2. The number of anilines is 1. The summed E-state index contributed by atoms with van der Waals surface area (Å²) in [5, 5.41) is 3.75. The molecule has 0 unspecified atom stereocenters. The average molecular weight is 441 g/mol. The van der Waals surface area contributed by atoms with Gasteiger partial charge in [0.15, 0.2) is 0 Å². The number of nitrogens with one attached hydrogen (secondary N) is 1. The van der Waals surface area contributed by atoms with Crippen LogP contribution in [0.1, 0.15) is 32.2 Å². The monoisotopic (exact) mass is 440 g/mol. The number of hydrogen-bond acceptors (Lipinski definition) is 3. The molecular weight excluding hydrogens is 415 g/mol. The van der Waals surface area contributed by atoms with Gasteiger partial charge in [-0.05, 0) is 55.3 Å². The SMILES string of the molecule is Cc1cc(N2CCN(Cc3ccc(F)cc3)C2=O)sc1C(=O)NCc1ccc(C)n1C. The van der Waals surface area contributed by atoms with Gasteiger partial charge in [-0.1, -0.05) is 12.1 Å². The van der Waals surface area contributed by atoms with Gasteiger partial charge in [0.05, 0.1) is 11.4 Å². The molecule has 1 aliphatic rings. The second-order valence-electron chi connectivity index (χ2n) is 7.79. The number of carbonyl (C=O) groups excluding carboxylic acids is 2. The van der Waals surface area contributed by atoms with E-state index in [9.17, 15) is 14.0 Å². The molecule has 1 N–H and O–H groups in total. The second kappa shape index (κ2) is 8.55. The zero-order chi connectivity index (χ0) is 22.1. The first kappa shape index (κ1) is 21.1. The summed E-state index contributed by atoms with van der Waals surface area (Å²) in [5.41, 5.74) is 3.91. The number of benzene rings is 1. The van der Waals surface area contributed by atoms with Crippen LogP contribution in [0.5, 0.6) is 0 Å². The van der Waals surface area contributed by atoms with E-state index < -0.39 is 0 Å². The lowest BCUT2D eigenvalue weighted by molar-refractivity contribution is 0.0953. The Morgan fingerprint density at radius 3 is 2.55 bits per heavy atom. The van der Waals surface area contributed by atoms with Crippen molar-refractivity contribution in [3.8, 4) is 0 Å². The first-order chi connectivity index (χ1) is 14.8. The molecule has 0 radical (unpaired) electrons. The van der Waals surface area contributed by atoms with E-state index in [0.717, 1.165) is 27.5 Å². The Labute approximate surface area is 184 Å². The summed E-state index contributed by atoms with van der Waals surface area (Å²) in [4.78, 5) is 29.7. The van der Waals surface area contributed by atoms with Crippen molar-refractivity contribution < 1.29 is 14.0 Å². The van der Waals surface area contributed by atoms with Crippen molar-refractivity contribution in [2.45, 2.75) is 26.9 Å². The van der Waals surface area contributed by atoms with Crippen LogP contribution in [-0.2, 0) is 20.1 Å². The molecule has 2 aromatic heterocycles. The third-order valence-electron chi connectivity index (χ3n) is 5.67. The molecule has 0 spiro atoms. The van der Waals surface area contributed by atoms with Crippen molar-refractivity contribution in [1.29, 1.82) is 0 Å². The van der Waals surface area contributed by atoms with Crippen LogP contribution in [0.3, 0.4) is 0 Å². The van der Waals surface area contributed by atoms with Crippen LogP contribution < -0.4 is 10.2 Å². The lowest BCUT2D eigenvalue weighted by atomic mass is 10.2. The lowest BCUT2D eigenvalue weighted by Gasteiger charge is -2.17. The number of rotatable bonds is 6. The number of halogens is 1. The number of aromatic nitrogens is 1. The van der Waals surface area contributed by atoms with Gasteiger partial charge in [-0.15, -0.1) is 11.3 Å². The van der Waals surface area contributed by atoms with Crippen LogP contribution in [-0.4, -0.2) is 34.5 Å². The molecule has 0 atom stereocenters. The van der Waals surface area contributed by atoms with Gasteiger partial charge >= 0.3 is 6.03 Å². The largest absolute Gasteiger partial charge is 0.350 e. The van der Waals surface area contributed by atoms with E-state index >= 15 is 0 Å². The third-order valence-corrected chi connectivity index (χ3v) is 6.92. The molecule has 31 heavy (non-hydrogen) atoms. The number of aryl methyl sites for hydroxylation is 2. The highest BCUT2D eigenvalue weighted by Gasteiger charge is 2.31. The van der Waals surface area contributed by atoms with E-state index in [0.29, 0.717) is 31.1 Å². The molecule has 1 saturated heterocycles. The van der Waals surface area contributed by atoms with E-state index in [1.807, 2.05) is 43.7 Å². The molecule has 1 fully saturated rings. The molecule has 162 valence electrons. The first-order valence-corrected chi connectivity index (χ1v) is 11.0. The zero-order valence-corrected chi connectivity index (χ0v) is 18.6. The summed E-state index contributed by atoms with van der Waals surface area (Å²) >= 11 is 1.33. The van der Waals surface area contributed by atoms with Crippen molar-refractivity contribution in [3.05, 3.63) is 75.7 Å². The van der Waals surface area contributed by atoms with E-state index in [1.54, 1.807) is 21.9 Å². The molecule has 0 saturated carbocycles. The molecule has 0 aliphatic carbocycles. The van der Waals surface area contributed by atoms with Crippen molar-refractivity contribution in [1.82, 2.24) is 14.8 Å². The summed E-state index contributed by atoms with van der Waals surface area (Å²) in [6.45, 7) is 5.93. The van der Waals surface area contributed by atoms with Gasteiger partial charge in [0, 0.05) is 38.1 Å². The minimum absolute atomic E-state index is 0.100. The summed E-state index contributed by atoms with van der Waals surface area (Å²) in [6, 6.07) is 12.0. The van der Waals surface area contributed by atoms with Crippen LogP contribution in [0, 0.1) is 19.7 Å². The minimum atomic E-state index is -0.291. The standard InChI is InChI=1S/C23H25FN4O2S/c1-15-12-20(31-21(15)22(29)25-13-19-9-4-16(2)26(19)3)28-11-10-27(23(28)30)14-17-5-7-18(24)8-6-17/h4-9,12H,10-11,13-14H2,1-3H3,(H,25,29). The topological polar surface area (TPSA) is 57.6 Å². The predicted molar refractivity (Wildman–Crippen MR) is 120 cm³/mol. The normalized spacial score (nSPS) is 13.9. The molecule has 4 rings (SSSR count). The number of amides is 3. The van der Waals surface area contributed by atoms with Crippen molar-refractivity contribution >= 4 is 28.3 Å². The Hall–Kier alpha value is -3.13. The quantitative estimate of drug-likeness (QED) is 0.624. The highest BCUT2D eigenvalue weighted by atomic mass is 32.1. The number of urea groups is 1. The van der Waals surface area contributed by atoms with Gasteiger partial charge in [-0.25, -0.2) is 9.18 Å². The first-order valence-electron chi connectivity index (χ1n) is 10.1. The van der Waals surface area contributed by atoms with Crippen LogP contribution in [0.25, 0.3) is 0 Å². The summed E-state index contributed by atoms with van der Waals surface area (Å²) in [5.74, 6) is -0.428. The third kappa shape index (κ3) is 4.34. The van der Waals surface area contributed by atoms with E-state index in [1.165, 1.54) is 23.5 Å². The molecule has 3 aromatic rings. The Bertz CT molecular complexity index is 1120. The van der Waals surface area contributed by atoms with Crippen molar-refractivity contribution in [2.75, 3.05) is 18.0 Å². The molecule has 3 heterocycles. The molecule has 0 bridgehead atoms. The van der Waals surface area contributed by atoms with Crippen molar-refractivity contribution in [2.24, 2.45) is 7.05 Å². The second-order valence-corrected chi connectivity index (χ2v) is 8.82. The fourth-order valence-corrected chi connectivity index (χ4v) is 4.77. The van der Waals surface area contributed by atoms with Gasteiger partial charge in [-0.3, -0.25) is 9.69 Å². The van der Waals surface area contributed by atoms with Gasteiger partial charge < -0.3 is 14.8 Å². The van der Waals surface area contributed by atoms with Crippen LogP contribution in [0.15, 0.2) is 42.5 Å². The molecule has 8 heteroatoms. The summed E-state index contributed by atoms with van der Waals surface area (Å²) in [7, 11) is 1.97. The van der Waals surface area contributed by atoms with Crippen LogP contribution >= 0.6 is 11.3 Å². The summed E-state index contributed by atoms with van der Waals surface area (Å²) in [6.07, 6.45) is 0. The van der Waals surface area contributed by atoms with Gasteiger partial charge in [0.1, 0.15) is 10.8 Å². The predicted octanol–water partition coefficient (Wildman–Crippen LogP) is 4.21. The fourth-order valence-electron chi connectivity index (χ4n) is 3.66. The Balaban J connectivity index is 1.42. The van der Waals surface area contributed by atoms with Crippen molar-refractivity contribution in [3.63, 3.8) is 0 Å². The zero-order valence-electron chi connectivity index (χ0n) is 17.8. The maximum atomic E-state index is 13.1. The Kier molecular flexibility index (Phi) is 5.82. The molecule has 1 aliphatic heterocycles. The molecule has 3 amide bonds. The highest BCUT2D eigenvalue weighted by molar-refractivity contribution is 7.18. The van der Waals surface area contributed by atoms with Crippen LogP contribution in [0.4, 0.5) is 14.2 Å². The van der Waals surface area contributed by atoms with Crippen LogP contribution in [0.2, 0.25) is 0 Å². The number of nitrogens with zero attached hydrogens (tertiary/aromatic N) is 3. The number of thiophene rings is 1. The average Bonchev–Trinajstić information content (AvgIpc) is 3.40. The highest BCUT2D eigenvalue weighted by Crippen LogP contribution is 2.32. The molecule has 1 aromatic carbocycles. The smallest absolute Gasteiger partial charge is 0.325 e. The summed E-state index contributed by atoms with van der Waals surface area (Å²) < 4.78 is 15.2. The molecular formula is C23H25FN4O2S. The van der Waals surface area contributed by atoms with E-state index in [2.05, 4.69) is 5.32 Å². The maximum absolute atomic E-state index is 13.1. The Morgan fingerprint density at radius 1 is 1.13 bits per heavy atom. The fraction of sp³-hybridized carbons (Fsp3) is 0.304. The minimum Gasteiger partial charge on any atom is -0.350 e. The maximum Gasteiger partial charge on any atom is 0.325 e. The molecule has 6 nitrogen and oxygen atoms in total. The van der Waals surface area contributed by atoms with E-state index in [-0.39, 0.29) is 17.8 Å². The number of hydrogen-bond donors (Lipinski definition) is 1. The van der Waals surface area contributed by atoms with Gasteiger partial charge in [0.25, 0.3) is 5.91 Å². The Morgan fingerprint density at radius 2 is 1.87 bits per heavy atom. The van der Waals surface area contributed by atoms with Gasteiger partial charge in [0.2, 0.25) is 0 Å².